The van der Waals surface area contributed by atoms with E-state index >= 15 is 0 Å². The molecule has 25 heavy (non-hydrogen) atoms. The van der Waals surface area contributed by atoms with Crippen molar-refractivity contribution in [1.82, 2.24) is 15.2 Å². The zero-order valence-electron chi connectivity index (χ0n) is 12.9. The Morgan fingerprint density at radius 1 is 1.00 bits per heavy atom. The van der Waals surface area contributed by atoms with Crippen LogP contribution < -0.4 is 15.4 Å². The molecule has 0 aliphatic carbocycles. The summed E-state index contributed by atoms with van der Waals surface area (Å²) >= 11 is 6.06. The molecule has 0 saturated heterocycles. The van der Waals surface area contributed by atoms with E-state index in [9.17, 15) is 8.78 Å². The predicted molar refractivity (Wildman–Crippen MR) is 90.8 cm³/mol. The van der Waals surface area contributed by atoms with Gasteiger partial charge in [0, 0.05) is 17.4 Å². The second-order valence-electron chi connectivity index (χ2n) is 4.89. The van der Waals surface area contributed by atoms with E-state index in [-0.39, 0.29) is 5.95 Å². The molecule has 0 spiro atoms. The van der Waals surface area contributed by atoms with E-state index in [1.165, 1.54) is 19.4 Å². The van der Waals surface area contributed by atoms with Crippen LogP contribution in [0, 0.1) is 11.6 Å². The second kappa shape index (κ2) is 7.27. The van der Waals surface area contributed by atoms with Gasteiger partial charge in [-0.05, 0) is 30.3 Å². The van der Waals surface area contributed by atoms with Crippen molar-refractivity contribution in [2.45, 2.75) is 0 Å². The van der Waals surface area contributed by atoms with Crippen molar-refractivity contribution in [1.29, 1.82) is 0 Å². The molecule has 0 radical (unpaired) electrons. The molecule has 6 nitrogen and oxygen atoms in total. The van der Waals surface area contributed by atoms with Gasteiger partial charge >= 0.3 is 0 Å². The molecule has 9 heteroatoms. The molecule has 0 saturated carbocycles. The molecular weight excluding hydrogens is 352 g/mol. The first-order valence-electron chi connectivity index (χ1n) is 7.07. The van der Waals surface area contributed by atoms with Crippen LogP contribution in [0.1, 0.15) is 0 Å². The van der Waals surface area contributed by atoms with Gasteiger partial charge in [-0.3, -0.25) is 0 Å². The summed E-state index contributed by atoms with van der Waals surface area (Å²) in [5.74, 6) is -0.833. The van der Waals surface area contributed by atoms with Crippen molar-refractivity contribution in [3.8, 4) is 5.75 Å². The number of nitrogens with zero attached hydrogens (tertiary/aromatic N) is 3. The van der Waals surface area contributed by atoms with Gasteiger partial charge in [0.25, 0.3) is 0 Å². The van der Waals surface area contributed by atoms with Crippen molar-refractivity contribution in [2.75, 3.05) is 17.7 Å². The third kappa shape index (κ3) is 4.10. The summed E-state index contributed by atoms with van der Waals surface area (Å²) in [5, 5.41) is 13.9. The lowest BCUT2D eigenvalue weighted by Crippen LogP contribution is -2.02. The molecule has 0 amide bonds. The lowest BCUT2D eigenvalue weighted by atomic mass is 10.3. The van der Waals surface area contributed by atoms with E-state index in [0.29, 0.717) is 28.0 Å². The van der Waals surface area contributed by atoms with Crippen molar-refractivity contribution in [3.05, 3.63) is 59.3 Å². The predicted octanol–water partition coefficient (Wildman–Crippen LogP) is 4.30. The fraction of sp³-hybridized carbons (Fsp3) is 0.0625. The highest BCUT2D eigenvalue weighted by molar-refractivity contribution is 6.32. The van der Waals surface area contributed by atoms with Crippen LogP contribution in [-0.2, 0) is 0 Å². The Bertz CT molecular complexity index is 909. The van der Waals surface area contributed by atoms with Crippen LogP contribution in [0.2, 0.25) is 5.02 Å². The summed E-state index contributed by atoms with van der Waals surface area (Å²) in [6.45, 7) is 0. The lowest BCUT2D eigenvalue weighted by molar-refractivity contribution is 0.415. The molecule has 3 rings (SSSR count). The Balaban J connectivity index is 1.77. The first-order chi connectivity index (χ1) is 12.0. The van der Waals surface area contributed by atoms with Crippen LogP contribution in [-0.4, -0.2) is 22.3 Å². The van der Waals surface area contributed by atoms with Crippen LogP contribution in [0.15, 0.2) is 42.6 Å². The number of ether oxygens (including phenoxy) is 1. The van der Waals surface area contributed by atoms with Crippen LogP contribution in [0.25, 0.3) is 0 Å². The number of anilines is 4. The molecule has 2 aromatic carbocycles. The molecule has 0 fully saturated rings. The van der Waals surface area contributed by atoms with Crippen molar-refractivity contribution in [2.24, 2.45) is 0 Å². The molecular formula is C16H12ClF2N5O. The molecule has 1 heterocycles. The third-order valence-corrected chi connectivity index (χ3v) is 3.45. The van der Waals surface area contributed by atoms with Crippen molar-refractivity contribution < 1.29 is 13.5 Å². The Hall–Kier alpha value is -3.00. The fourth-order valence-electron chi connectivity index (χ4n) is 2.01. The topological polar surface area (TPSA) is 72.0 Å². The van der Waals surface area contributed by atoms with E-state index in [4.69, 9.17) is 16.3 Å². The molecule has 0 unspecified atom stereocenters. The van der Waals surface area contributed by atoms with Crippen molar-refractivity contribution in [3.63, 3.8) is 0 Å². The zero-order valence-corrected chi connectivity index (χ0v) is 13.7. The summed E-state index contributed by atoms with van der Waals surface area (Å²) in [5.41, 5.74) is 0.968. The third-order valence-electron chi connectivity index (χ3n) is 3.16. The van der Waals surface area contributed by atoms with Gasteiger partial charge in [-0.1, -0.05) is 11.6 Å². The van der Waals surface area contributed by atoms with E-state index in [0.717, 1.165) is 12.1 Å². The average molecular weight is 364 g/mol. The number of hydrogen-bond donors (Lipinski definition) is 2. The highest BCUT2D eigenvalue weighted by Gasteiger charge is 2.07. The van der Waals surface area contributed by atoms with E-state index in [1.807, 2.05) is 0 Å². The maximum Gasteiger partial charge on any atom is 0.249 e. The van der Waals surface area contributed by atoms with Gasteiger partial charge in [-0.15, -0.1) is 5.10 Å². The van der Waals surface area contributed by atoms with Gasteiger partial charge in [-0.2, -0.15) is 10.1 Å². The van der Waals surface area contributed by atoms with Gasteiger partial charge in [0.2, 0.25) is 5.95 Å². The smallest absolute Gasteiger partial charge is 0.249 e. The Labute approximate surface area is 146 Å². The summed E-state index contributed by atoms with van der Waals surface area (Å²) < 4.78 is 31.3. The van der Waals surface area contributed by atoms with Crippen LogP contribution in [0.4, 0.5) is 31.9 Å². The Kier molecular flexibility index (Phi) is 4.90. The summed E-state index contributed by atoms with van der Waals surface area (Å²) in [4.78, 5) is 4.20. The van der Waals surface area contributed by atoms with E-state index in [1.54, 1.807) is 18.2 Å². The first-order valence-corrected chi connectivity index (χ1v) is 7.45. The highest BCUT2D eigenvalue weighted by atomic mass is 35.5. The Morgan fingerprint density at radius 2 is 1.76 bits per heavy atom. The molecule has 2 N–H and O–H groups in total. The number of rotatable bonds is 5. The number of halogens is 3. The largest absolute Gasteiger partial charge is 0.495 e. The fourth-order valence-corrected chi connectivity index (χ4v) is 2.27. The van der Waals surface area contributed by atoms with Crippen LogP contribution >= 0.6 is 11.6 Å². The number of nitrogens with one attached hydrogen (secondary N) is 2. The maximum atomic E-state index is 13.2. The molecule has 3 aromatic rings. The zero-order chi connectivity index (χ0) is 17.8. The average Bonchev–Trinajstić information content (AvgIpc) is 2.59. The van der Waals surface area contributed by atoms with Gasteiger partial charge in [-0.25, -0.2) is 8.78 Å². The summed E-state index contributed by atoms with van der Waals surface area (Å²) in [6, 6.07) is 8.51. The summed E-state index contributed by atoms with van der Waals surface area (Å²) in [6.07, 6.45) is 1.35. The lowest BCUT2D eigenvalue weighted by Gasteiger charge is -2.09. The number of benzene rings is 2. The van der Waals surface area contributed by atoms with Gasteiger partial charge < -0.3 is 15.4 Å². The Morgan fingerprint density at radius 3 is 2.48 bits per heavy atom. The normalized spacial score (nSPS) is 10.4. The van der Waals surface area contributed by atoms with Crippen LogP contribution in [0.5, 0.6) is 5.75 Å². The number of methoxy groups -OCH3 is 1. The minimum absolute atomic E-state index is 0.203. The minimum Gasteiger partial charge on any atom is -0.495 e. The number of hydrogen-bond acceptors (Lipinski definition) is 6. The molecule has 1 aromatic heterocycles. The van der Waals surface area contributed by atoms with E-state index < -0.39 is 11.6 Å². The maximum absolute atomic E-state index is 13.2. The SMILES string of the molecule is COc1ccc(Nc2nncc(Nc3ccc(F)c(F)c3)n2)cc1Cl. The quantitative estimate of drug-likeness (QED) is 0.704. The molecule has 0 aliphatic heterocycles. The van der Waals surface area contributed by atoms with E-state index in [2.05, 4.69) is 25.8 Å². The highest BCUT2D eigenvalue weighted by Crippen LogP contribution is 2.28. The standard InChI is InChI=1S/C16H12ClF2N5O/c1-25-14-5-3-9(6-11(14)17)22-16-23-15(8-20-24-16)21-10-2-4-12(18)13(19)7-10/h2-8H,1H3,(H2,21,22,23,24). The molecule has 0 bridgehead atoms. The summed E-state index contributed by atoms with van der Waals surface area (Å²) in [7, 11) is 1.52. The van der Waals surface area contributed by atoms with Crippen molar-refractivity contribution >= 4 is 34.7 Å². The minimum atomic E-state index is -0.960. The monoisotopic (exact) mass is 363 g/mol. The number of aromatic nitrogens is 3. The molecule has 0 aliphatic rings. The first kappa shape index (κ1) is 16.8. The molecule has 128 valence electrons. The van der Waals surface area contributed by atoms with Gasteiger partial charge in [0.05, 0.1) is 18.3 Å². The molecule has 0 atom stereocenters. The van der Waals surface area contributed by atoms with Gasteiger partial charge in [0.15, 0.2) is 17.5 Å². The second-order valence-corrected chi connectivity index (χ2v) is 5.30. The van der Waals surface area contributed by atoms with Gasteiger partial charge in [0.1, 0.15) is 5.75 Å². The van der Waals surface area contributed by atoms with Crippen LogP contribution in [0.3, 0.4) is 0 Å².